The van der Waals surface area contributed by atoms with Crippen molar-refractivity contribution in [2.75, 3.05) is 43.6 Å². The van der Waals surface area contributed by atoms with Crippen molar-refractivity contribution in [2.24, 2.45) is 0 Å². The van der Waals surface area contributed by atoms with Crippen LogP contribution in [0.5, 0.6) is 0 Å². The Morgan fingerprint density at radius 1 is 1.14 bits per heavy atom. The fraction of sp³-hybridized carbons (Fsp3) is 0.647. The van der Waals surface area contributed by atoms with Crippen molar-refractivity contribution in [1.29, 1.82) is 0 Å². The Hall–Kier alpha value is -1.26. The molecule has 4 heteroatoms. The number of ether oxygens (including phenoxy) is 1. The van der Waals surface area contributed by atoms with E-state index in [9.17, 15) is 0 Å². The van der Waals surface area contributed by atoms with Crippen LogP contribution in [0.2, 0.25) is 0 Å². The monoisotopic (exact) mass is 289 g/mol. The molecular formula is C17H27N3O. The van der Waals surface area contributed by atoms with Gasteiger partial charge in [-0.2, -0.15) is 0 Å². The van der Waals surface area contributed by atoms with Gasteiger partial charge in [0.1, 0.15) is 0 Å². The molecule has 116 valence electrons. The van der Waals surface area contributed by atoms with Crippen molar-refractivity contribution in [2.45, 2.75) is 37.8 Å². The van der Waals surface area contributed by atoms with Crippen molar-refractivity contribution in [3.8, 4) is 0 Å². The van der Waals surface area contributed by atoms with Gasteiger partial charge in [0, 0.05) is 43.7 Å². The Bertz CT molecular complexity index is 439. The van der Waals surface area contributed by atoms with E-state index >= 15 is 0 Å². The molecule has 2 fully saturated rings. The number of hydrogen-bond acceptors (Lipinski definition) is 4. The van der Waals surface area contributed by atoms with Crippen LogP contribution in [0.25, 0.3) is 0 Å². The zero-order chi connectivity index (χ0) is 14.5. The van der Waals surface area contributed by atoms with Gasteiger partial charge in [-0.25, -0.2) is 0 Å². The summed E-state index contributed by atoms with van der Waals surface area (Å²) in [7, 11) is 2.23. The molecule has 0 bridgehead atoms. The van der Waals surface area contributed by atoms with Gasteiger partial charge in [-0.3, -0.25) is 0 Å². The van der Waals surface area contributed by atoms with E-state index in [2.05, 4.69) is 46.8 Å². The fourth-order valence-corrected chi connectivity index (χ4v) is 3.30. The van der Waals surface area contributed by atoms with Gasteiger partial charge in [0.2, 0.25) is 0 Å². The third kappa shape index (κ3) is 3.89. The lowest BCUT2D eigenvalue weighted by molar-refractivity contribution is 0.0904. The van der Waals surface area contributed by atoms with Gasteiger partial charge in [-0.05, 0) is 57.0 Å². The molecule has 0 unspecified atom stereocenters. The van der Waals surface area contributed by atoms with Gasteiger partial charge in [0.05, 0.1) is 0 Å². The highest BCUT2D eigenvalue weighted by molar-refractivity contribution is 5.58. The third-order valence-corrected chi connectivity index (χ3v) is 4.70. The van der Waals surface area contributed by atoms with Gasteiger partial charge < -0.3 is 20.3 Å². The summed E-state index contributed by atoms with van der Waals surface area (Å²) < 4.78 is 5.42. The standard InChI is InChI=1S/C17H27N3O/c1-20(16-5-9-18-10-6-16)17-4-2-3-15(13-17)19-14-7-11-21-12-8-14/h2-4,13-14,16,18-19H,5-12H2,1H3. The normalized spacial score (nSPS) is 21.2. The number of nitrogens with zero attached hydrogens (tertiary/aromatic N) is 1. The van der Waals surface area contributed by atoms with Crippen LogP contribution in [-0.2, 0) is 4.74 Å². The molecule has 0 spiro atoms. The van der Waals surface area contributed by atoms with E-state index in [-0.39, 0.29) is 0 Å². The highest BCUT2D eigenvalue weighted by Crippen LogP contribution is 2.24. The molecule has 0 amide bonds. The Morgan fingerprint density at radius 3 is 2.67 bits per heavy atom. The Kier molecular flexibility index (Phi) is 4.99. The molecule has 2 aliphatic heterocycles. The zero-order valence-corrected chi connectivity index (χ0v) is 13.0. The van der Waals surface area contributed by atoms with Gasteiger partial charge in [0.15, 0.2) is 0 Å². The summed E-state index contributed by atoms with van der Waals surface area (Å²) in [4.78, 5) is 2.44. The van der Waals surface area contributed by atoms with Crippen molar-refractivity contribution in [1.82, 2.24) is 5.32 Å². The van der Waals surface area contributed by atoms with Crippen LogP contribution in [0.4, 0.5) is 11.4 Å². The van der Waals surface area contributed by atoms with Crippen LogP contribution in [0.1, 0.15) is 25.7 Å². The first-order valence-corrected chi connectivity index (χ1v) is 8.21. The highest BCUT2D eigenvalue weighted by Gasteiger charge is 2.19. The molecule has 1 aromatic rings. The van der Waals surface area contributed by atoms with Crippen molar-refractivity contribution < 1.29 is 4.74 Å². The summed E-state index contributed by atoms with van der Waals surface area (Å²) in [6.07, 6.45) is 4.67. The van der Waals surface area contributed by atoms with Crippen LogP contribution >= 0.6 is 0 Å². The molecule has 3 rings (SSSR count). The summed E-state index contributed by atoms with van der Waals surface area (Å²) in [5.41, 5.74) is 2.55. The predicted octanol–water partition coefficient (Wildman–Crippen LogP) is 2.47. The van der Waals surface area contributed by atoms with Crippen LogP contribution in [0.15, 0.2) is 24.3 Å². The summed E-state index contributed by atoms with van der Waals surface area (Å²) >= 11 is 0. The van der Waals surface area contributed by atoms with E-state index < -0.39 is 0 Å². The topological polar surface area (TPSA) is 36.5 Å². The first kappa shape index (κ1) is 14.7. The number of anilines is 2. The number of hydrogen-bond donors (Lipinski definition) is 2. The minimum atomic E-state index is 0.554. The van der Waals surface area contributed by atoms with E-state index in [4.69, 9.17) is 4.74 Å². The molecular weight excluding hydrogens is 262 g/mol. The summed E-state index contributed by atoms with van der Waals surface area (Å²) in [5.74, 6) is 0. The fourth-order valence-electron chi connectivity index (χ4n) is 3.30. The van der Waals surface area contributed by atoms with E-state index in [0.29, 0.717) is 12.1 Å². The lowest BCUT2D eigenvalue weighted by Crippen LogP contribution is -2.41. The SMILES string of the molecule is CN(c1cccc(NC2CCOCC2)c1)C1CCNCC1. The first-order valence-electron chi connectivity index (χ1n) is 8.21. The second-order valence-corrected chi connectivity index (χ2v) is 6.17. The summed E-state index contributed by atoms with van der Waals surface area (Å²) in [6.45, 7) is 4.03. The predicted molar refractivity (Wildman–Crippen MR) is 88.2 cm³/mol. The molecule has 1 aromatic carbocycles. The molecule has 0 radical (unpaired) electrons. The molecule has 4 nitrogen and oxygen atoms in total. The number of rotatable bonds is 4. The second kappa shape index (κ2) is 7.14. The zero-order valence-electron chi connectivity index (χ0n) is 13.0. The maximum Gasteiger partial charge on any atom is 0.0485 e. The molecule has 21 heavy (non-hydrogen) atoms. The van der Waals surface area contributed by atoms with Gasteiger partial charge in [0.25, 0.3) is 0 Å². The van der Waals surface area contributed by atoms with Crippen LogP contribution in [0, 0.1) is 0 Å². The van der Waals surface area contributed by atoms with E-state index in [1.54, 1.807) is 0 Å². The number of piperidine rings is 1. The molecule has 0 aromatic heterocycles. The van der Waals surface area contributed by atoms with E-state index in [1.165, 1.54) is 24.2 Å². The number of benzene rings is 1. The first-order chi connectivity index (χ1) is 10.3. The van der Waals surface area contributed by atoms with E-state index in [0.717, 1.165) is 39.1 Å². The van der Waals surface area contributed by atoms with Crippen LogP contribution in [0.3, 0.4) is 0 Å². The van der Waals surface area contributed by atoms with Crippen LogP contribution in [-0.4, -0.2) is 45.4 Å². The molecule has 2 N–H and O–H groups in total. The maximum absolute atomic E-state index is 5.42. The molecule has 2 saturated heterocycles. The van der Waals surface area contributed by atoms with Crippen molar-refractivity contribution >= 4 is 11.4 Å². The third-order valence-electron chi connectivity index (χ3n) is 4.70. The Balaban J connectivity index is 1.64. The lowest BCUT2D eigenvalue weighted by Gasteiger charge is -2.33. The van der Waals surface area contributed by atoms with E-state index in [1.807, 2.05) is 0 Å². The molecule has 2 heterocycles. The average Bonchev–Trinajstić information content (AvgIpc) is 2.56. The van der Waals surface area contributed by atoms with Crippen molar-refractivity contribution in [3.05, 3.63) is 24.3 Å². The Labute approximate surface area is 127 Å². The lowest BCUT2D eigenvalue weighted by atomic mass is 10.0. The Morgan fingerprint density at radius 2 is 1.90 bits per heavy atom. The summed E-state index contributed by atoms with van der Waals surface area (Å²) in [5, 5.41) is 7.10. The summed E-state index contributed by atoms with van der Waals surface area (Å²) in [6, 6.07) is 10.1. The minimum Gasteiger partial charge on any atom is -0.382 e. The average molecular weight is 289 g/mol. The quantitative estimate of drug-likeness (QED) is 0.893. The molecule has 0 saturated carbocycles. The number of nitrogens with one attached hydrogen (secondary N) is 2. The van der Waals surface area contributed by atoms with Gasteiger partial charge in [-0.1, -0.05) is 6.07 Å². The van der Waals surface area contributed by atoms with Gasteiger partial charge >= 0.3 is 0 Å². The van der Waals surface area contributed by atoms with Crippen LogP contribution < -0.4 is 15.5 Å². The smallest absolute Gasteiger partial charge is 0.0485 e. The molecule has 2 aliphatic rings. The van der Waals surface area contributed by atoms with Crippen molar-refractivity contribution in [3.63, 3.8) is 0 Å². The molecule has 0 aliphatic carbocycles. The van der Waals surface area contributed by atoms with Gasteiger partial charge in [-0.15, -0.1) is 0 Å². The molecule has 0 atom stereocenters. The minimum absolute atomic E-state index is 0.554. The maximum atomic E-state index is 5.42. The second-order valence-electron chi connectivity index (χ2n) is 6.17. The highest BCUT2D eigenvalue weighted by atomic mass is 16.5. The largest absolute Gasteiger partial charge is 0.382 e.